The van der Waals surface area contributed by atoms with Crippen LogP contribution < -0.4 is 0 Å². The van der Waals surface area contributed by atoms with E-state index >= 15 is 0 Å². The first kappa shape index (κ1) is 19.0. The molecule has 7 heteroatoms. The van der Waals surface area contributed by atoms with Gasteiger partial charge in [-0.1, -0.05) is 0 Å². The number of ether oxygens (including phenoxy) is 2. The largest absolute Gasteiger partial charge is 0.386 e. The lowest BCUT2D eigenvalue weighted by Crippen LogP contribution is -2.34. The summed E-state index contributed by atoms with van der Waals surface area (Å²) in [6, 6.07) is -1.01. The summed E-state index contributed by atoms with van der Waals surface area (Å²) in [5.74, 6) is 0.0115. The van der Waals surface area contributed by atoms with Crippen LogP contribution in [0.4, 0.5) is 0 Å². The zero-order chi connectivity index (χ0) is 16.4. The van der Waals surface area contributed by atoms with Crippen LogP contribution in [0.15, 0.2) is 0 Å². The van der Waals surface area contributed by atoms with Gasteiger partial charge >= 0.3 is 0 Å². The van der Waals surface area contributed by atoms with Crippen LogP contribution in [0.2, 0.25) is 0 Å². The minimum absolute atomic E-state index is 0.0115. The normalized spacial score (nSPS) is 21.3. The van der Waals surface area contributed by atoms with Crippen LogP contribution in [0.3, 0.4) is 0 Å². The van der Waals surface area contributed by atoms with Gasteiger partial charge in [0.1, 0.15) is 11.9 Å². The van der Waals surface area contributed by atoms with Crippen molar-refractivity contribution in [2.75, 3.05) is 13.2 Å². The molecule has 3 atom stereocenters. The zero-order valence-corrected chi connectivity index (χ0v) is 13.2. The molecule has 1 fully saturated rings. The molecule has 0 aliphatic carbocycles. The summed E-state index contributed by atoms with van der Waals surface area (Å²) in [7, 11) is 0. The second-order valence-electron chi connectivity index (χ2n) is 5.82. The van der Waals surface area contributed by atoms with Crippen LogP contribution in [0, 0.1) is 10.1 Å². The Morgan fingerprint density at radius 3 is 2.77 bits per heavy atom. The molecule has 1 N–H and O–H groups in total. The molecule has 1 aliphatic rings. The number of nitrogens with zero attached hydrogens (tertiary/aromatic N) is 1. The fourth-order valence-electron chi connectivity index (χ4n) is 2.54. The lowest BCUT2D eigenvalue weighted by Gasteiger charge is -2.23. The maximum absolute atomic E-state index is 11.0. The van der Waals surface area contributed by atoms with Gasteiger partial charge in [0.2, 0.25) is 6.04 Å². The highest BCUT2D eigenvalue weighted by Gasteiger charge is 2.29. The third-order valence-corrected chi connectivity index (χ3v) is 3.83. The fraction of sp³-hybridized carbons (Fsp3) is 0.933. The number of carbonyl (C=O) groups is 1. The van der Waals surface area contributed by atoms with E-state index in [0.29, 0.717) is 38.9 Å². The molecule has 0 aromatic carbocycles. The summed E-state index contributed by atoms with van der Waals surface area (Å²) in [5.41, 5.74) is 0. The molecule has 1 heterocycles. The van der Waals surface area contributed by atoms with E-state index in [1.54, 1.807) is 0 Å². The summed E-state index contributed by atoms with van der Waals surface area (Å²) in [6.07, 6.45) is 3.70. The number of aliphatic hydroxyl groups excluding tert-OH is 1. The van der Waals surface area contributed by atoms with Gasteiger partial charge in [0, 0.05) is 31.0 Å². The Bertz CT molecular complexity index is 343. The van der Waals surface area contributed by atoms with Gasteiger partial charge in [0.15, 0.2) is 6.29 Å². The van der Waals surface area contributed by atoms with Crippen LogP contribution in [0.1, 0.15) is 58.3 Å². The van der Waals surface area contributed by atoms with Crippen LogP contribution in [0.25, 0.3) is 0 Å². The second-order valence-corrected chi connectivity index (χ2v) is 5.82. The molecule has 0 bridgehead atoms. The standard InChI is InChI=1S/C15H27NO6/c1-12(17)6-4-7-13(16(19)20)14(18)8-5-11-22-15-9-2-3-10-21-15/h13-15,18H,2-11H2,1H3. The van der Waals surface area contributed by atoms with Crippen LogP contribution in [-0.2, 0) is 14.3 Å². The molecule has 3 unspecified atom stereocenters. The highest BCUT2D eigenvalue weighted by Crippen LogP contribution is 2.16. The Morgan fingerprint density at radius 1 is 1.41 bits per heavy atom. The molecule has 0 aromatic heterocycles. The van der Waals surface area contributed by atoms with E-state index < -0.39 is 17.1 Å². The first-order chi connectivity index (χ1) is 10.5. The third kappa shape index (κ3) is 7.82. The third-order valence-electron chi connectivity index (χ3n) is 3.83. The molecule has 0 spiro atoms. The number of hydrogen-bond donors (Lipinski definition) is 1. The Hall–Kier alpha value is -1.05. The van der Waals surface area contributed by atoms with Crippen molar-refractivity contribution in [3.05, 3.63) is 10.1 Å². The lowest BCUT2D eigenvalue weighted by molar-refractivity contribution is -0.535. The molecule has 1 aliphatic heterocycles. The van der Waals surface area contributed by atoms with Gasteiger partial charge in [0.25, 0.3) is 0 Å². The van der Waals surface area contributed by atoms with E-state index in [-0.39, 0.29) is 18.5 Å². The van der Waals surface area contributed by atoms with Gasteiger partial charge in [0.05, 0.1) is 0 Å². The molecule has 1 rings (SSSR count). The zero-order valence-electron chi connectivity index (χ0n) is 13.2. The summed E-state index contributed by atoms with van der Waals surface area (Å²) < 4.78 is 11.0. The molecule has 1 saturated heterocycles. The van der Waals surface area contributed by atoms with Crippen LogP contribution in [0.5, 0.6) is 0 Å². The summed E-state index contributed by atoms with van der Waals surface area (Å²) in [4.78, 5) is 21.4. The average Bonchev–Trinajstić information content (AvgIpc) is 2.48. The average molecular weight is 317 g/mol. The molecule has 22 heavy (non-hydrogen) atoms. The SMILES string of the molecule is CC(=O)CCCC(C(O)CCCOC1CCCCO1)[N+](=O)[O-]. The van der Waals surface area contributed by atoms with Crippen LogP contribution in [-0.4, -0.2) is 47.5 Å². The number of hydrogen-bond acceptors (Lipinski definition) is 6. The number of nitro groups is 1. The predicted octanol–water partition coefficient (Wildman–Crippen LogP) is 2.08. The van der Waals surface area contributed by atoms with E-state index in [1.807, 2.05) is 0 Å². The van der Waals surface area contributed by atoms with Crippen molar-refractivity contribution in [1.29, 1.82) is 0 Å². The highest BCUT2D eigenvalue weighted by molar-refractivity contribution is 5.75. The van der Waals surface area contributed by atoms with E-state index in [9.17, 15) is 20.0 Å². The van der Waals surface area contributed by atoms with Crippen molar-refractivity contribution in [1.82, 2.24) is 0 Å². The monoisotopic (exact) mass is 317 g/mol. The van der Waals surface area contributed by atoms with E-state index in [4.69, 9.17) is 9.47 Å². The topological polar surface area (TPSA) is 98.9 Å². The molecule has 7 nitrogen and oxygen atoms in total. The smallest absolute Gasteiger partial charge is 0.238 e. The van der Waals surface area contributed by atoms with Gasteiger partial charge in [-0.15, -0.1) is 0 Å². The van der Waals surface area contributed by atoms with Crippen LogP contribution >= 0.6 is 0 Å². The number of carbonyl (C=O) groups excluding carboxylic acids is 1. The van der Waals surface area contributed by atoms with Gasteiger partial charge in [-0.2, -0.15) is 0 Å². The maximum atomic E-state index is 11.0. The molecular formula is C15H27NO6. The maximum Gasteiger partial charge on any atom is 0.238 e. The fourth-order valence-corrected chi connectivity index (χ4v) is 2.54. The first-order valence-electron chi connectivity index (χ1n) is 8.05. The van der Waals surface area contributed by atoms with Gasteiger partial charge in [-0.25, -0.2) is 0 Å². The van der Waals surface area contributed by atoms with Gasteiger partial charge in [-0.05, 0) is 45.4 Å². The minimum atomic E-state index is -1.01. The molecule has 128 valence electrons. The molecule has 0 amide bonds. The Kier molecular flexibility index (Phi) is 9.19. The molecule has 0 radical (unpaired) electrons. The summed E-state index contributed by atoms with van der Waals surface area (Å²) in [5, 5.41) is 21.0. The van der Waals surface area contributed by atoms with E-state index in [1.165, 1.54) is 6.92 Å². The summed E-state index contributed by atoms with van der Waals surface area (Å²) in [6.45, 7) is 2.61. The number of ketones is 1. The molecule has 0 saturated carbocycles. The number of Topliss-reactive ketones (excluding diaryl/α,β-unsaturated/α-hetero) is 1. The van der Waals surface area contributed by atoms with E-state index in [0.717, 1.165) is 19.3 Å². The summed E-state index contributed by atoms with van der Waals surface area (Å²) >= 11 is 0. The highest BCUT2D eigenvalue weighted by atomic mass is 16.7. The Labute approximate surface area is 131 Å². The molecule has 0 aromatic rings. The second kappa shape index (κ2) is 10.6. The quantitative estimate of drug-likeness (QED) is 0.356. The van der Waals surface area contributed by atoms with Crippen molar-refractivity contribution in [2.45, 2.75) is 76.7 Å². The van der Waals surface area contributed by atoms with Gasteiger partial charge < -0.3 is 19.4 Å². The van der Waals surface area contributed by atoms with E-state index in [2.05, 4.69) is 0 Å². The minimum Gasteiger partial charge on any atom is -0.386 e. The number of rotatable bonds is 11. The van der Waals surface area contributed by atoms with Crippen molar-refractivity contribution in [3.8, 4) is 0 Å². The first-order valence-corrected chi connectivity index (χ1v) is 8.05. The Morgan fingerprint density at radius 2 is 2.18 bits per heavy atom. The van der Waals surface area contributed by atoms with Gasteiger partial charge in [-0.3, -0.25) is 10.1 Å². The van der Waals surface area contributed by atoms with Crippen molar-refractivity contribution in [3.63, 3.8) is 0 Å². The number of aliphatic hydroxyl groups is 1. The Balaban J connectivity index is 2.19. The predicted molar refractivity (Wildman–Crippen MR) is 80.1 cm³/mol. The molecular weight excluding hydrogens is 290 g/mol. The van der Waals surface area contributed by atoms with Crippen molar-refractivity contribution >= 4 is 5.78 Å². The van der Waals surface area contributed by atoms with Crippen molar-refractivity contribution in [2.24, 2.45) is 0 Å². The lowest BCUT2D eigenvalue weighted by atomic mass is 10.0. The van der Waals surface area contributed by atoms with Crippen molar-refractivity contribution < 1.29 is 24.3 Å².